The Labute approximate surface area is 361 Å². The smallest absolute Gasteiger partial charge is 0.0541 e. The Hall–Kier alpha value is -7.62. The Balaban J connectivity index is 1.15. The van der Waals surface area contributed by atoms with Crippen LogP contribution in [0, 0.1) is 0 Å². The van der Waals surface area contributed by atoms with E-state index >= 15 is 0 Å². The molecular weight excluding hydrogens is 751 g/mol. The van der Waals surface area contributed by atoms with Gasteiger partial charge in [0.1, 0.15) is 0 Å². The second-order valence-corrected chi connectivity index (χ2v) is 17.8. The molecule has 2 aromatic heterocycles. The SMILES string of the molecule is CC1(C)CCN(c2ccccc2)c2cc3c(cc21)-c1ccccc1-c1ccc(-n2c4ccccc4c4ccccc42)cc1-c1cc(-n2c4ccccc4c4ccccc42)ccc1-3. The first-order valence-corrected chi connectivity index (χ1v) is 21.9. The highest BCUT2D eigenvalue weighted by molar-refractivity contribution is 6.11. The molecule has 294 valence electrons. The fourth-order valence-electron chi connectivity index (χ4n) is 10.9. The maximum atomic E-state index is 2.55. The zero-order valence-corrected chi connectivity index (χ0v) is 34.8. The molecular formula is C59H43N3. The van der Waals surface area contributed by atoms with E-state index in [-0.39, 0.29) is 5.41 Å². The van der Waals surface area contributed by atoms with Gasteiger partial charge in [-0.15, -0.1) is 0 Å². The van der Waals surface area contributed by atoms with E-state index in [1.54, 1.807) is 0 Å². The van der Waals surface area contributed by atoms with Gasteiger partial charge in [-0.3, -0.25) is 0 Å². The van der Waals surface area contributed by atoms with E-state index in [0.717, 1.165) is 24.3 Å². The van der Waals surface area contributed by atoms with Crippen molar-refractivity contribution in [2.24, 2.45) is 0 Å². The summed E-state index contributed by atoms with van der Waals surface area (Å²) in [4.78, 5) is 2.55. The zero-order chi connectivity index (χ0) is 41.1. The van der Waals surface area contributed by atoms with Crippen LogP contribution in [0.3, 0.4) is 0 Å². The molecule has 0 saturated carbocycles. The van der Waals surface area contributed by atoms with Gasteiger partial charge in [-0.2, -0.15) is 0 Å². The standard InChI is InChI=1S/C59H43N3/c1-59(2)32-33-60(38-16-4-3-5-17-38)58-37-52-44-31-29-40(62-56-26-14-10-22-47(56)48-23-11-15-27-57(48)62)35-50(44)49-34-39(61-54-24-12-8-20-45(54)46-21-9-13-25-55(46)61)28-30-43(49)41-18-6-7-19-42(41)51(52)36-53(58)59/h3-31,34-37H,32-33H2,1-2H3. The van der Waals surface area contributed by atoms with Crippen LogP contribution in [0.1, 0.15) is 25.8 Å². The van der Waals surface area contributed by atoms with E-state index in [9.17, 15) is 0 Å². The minimum absolute atomic E-state index is 0.00526. The van der Waals surface area contributed by atoms with Gasteiger partial charge in [0.05, 0.1) is 22.1 Å². The molecule has 0 unspecified atom stereocenters. The minimum atomic E-state index is 0.00526. The average Bonchev–Trinajstić information content (AvgIpc) is 3.84. The maximum absolute atomic E-state index is 2.55. The summed E-state index contributed by atoms with van der Waals surface area (Å²) >= 11 is 0. The molecule has 3 heteroatoms. The van der Waals surface area contributed by atoms with Gasteiger partial charge in [-0.25, -0.2) is 0 Å². The second-order valence-electron chi connectivity index (χ2n) is 17.8. The maximum Gasteiger partial charge on any atom is 0.0541 e. The number of hydrogen-bond donors (Lipinski definition) is 0. The zero-order valence-electron chi connectivity index (χ0n) is 34.8. The lowest BCUT2D eigenvalue weighted by Gasteiger charge is -2.41. The number of fused-ring (bicyclic) bond motifs is 15. The molecule has 0 amide bonds. The summed E-state index contributed by atoms with van der Waals surface area (Å²) in [6, 6.07) is 74.8. The molecule has 3 heterocycles. The van der Waals surface area contributed by atoms with E-state index in [4.69, 9.17) is 0 Å². The van der Waals surface area contributed by atoms with Crippen molar-refractivity contribution >= 4 is 55.0 Å². The first kappa shape index (κ1) is 35.2. The van der Waals surface area contributed by atoms with Crippen molar-refractivity contribution in [1.29, 1.82) is 0 Å². The van der Waals surface area contributed by atoms with Crippen LogP contribution in [0.4, 0.5) is 11.4 Å². The third-order valence-electron chi connectivity index (χ3n) is 14.0. The Morgan fingerprint density at radius 1 is 0.339 bits per heavy atom. The van der Waals surface area contributed by atoms with E-state index in [1.807, 2.05) is 0 Å². The van der Waals surface area contributed by atoms with Gasteiger partial charge >= 0.3 is 0 Å². The number of nitrogens with zero attached hydrogens (tertiary/aromatic N) is 3. The Morgan fingerprint density at radius 2 is 0.726 bits per heavy atom. The topological polar surface area (TPSA) is 13.1 Å². The number of benzene rings is 9. The normalized spacial score (nSPS) is 13.9. The van der Waals surface area contributed by atoms with Gasteiger partial charge in [0.2, 0.25) is 0 Å². The highest BCUT2D eigenvalue weighted by atomic mass is 15.1. The van der Waals surface area contributed by atoms with Crippen LogP contribution in [0.25, 0.3) is 99.5 Å². The Kier molecular flexibility index (Phi) is 7.48. The van der Waals surface area contributed by atoms with Crippen LogP contribution in [0.2, 0.25) is 0 Å². The van der Waals surface area contributed by atoms with Crippen LogP contribution in [-0.4, -0.2) is 15.7 Å². The molecule has 0 bridgehead atoms. The van der Waals surface area contributed by atoms with Gasteiger partial charge in [-0.05, 0) is 135 Å². The molecule has 62 heavy (non-hydrogen) atoms. The molecule has 2 aliphatic rings. The van der Waals surface area contributed by atoms with Crippen molar-refractivity contribution in [2.45, 2.75) is 25.7 Å². The van der Waals surface area contributed by atoms with Crippen molar-refractivity contribution in [3.8, 4) is 55.9 Å². The van der Waals surface area contributed by atoms with E-state index < -0.39 is 0 Å². The lowest BCUT2D eigenvalue weighted by molar-refractivity contribution is 0.467. The van der Waals surface area contributed by atoms with E-state index in [1.165, 1.54) is 105 Å². The van der Waals surface area contributed by atoms with Crippen LogP contribution < -0.4 is 4.90 Å². The highest BCUT2D eigenvalue weighted by Crippen LogP contribution is 2.54. The molecule has 0 saturated heterocycles. The first-order valence-electron chi connectivity index (χ1n) is 21.9. The summed E-state index contributed by atoms with van der Waals surface area (Å²) in [5.41, 5.74) is 21.0. The van der Waals surface area contributed by atoms with Crippen LogP contribution >= 0.6 is 0 Å². The fourth-order valence-corrected chi connectivity index (χ4v) is 10.9. The summed E-state index contributed by atoms with van der Waals surface area (Å²) in [6.07, 6.45) is 1.07. The quantitative estimate of drug-likeness (QED) is 0.174. The Morgan fingerprint density at radius 3 is 1.24 bits per heavy atom. The van der Waals surface area contributed by atoms with Gasteiger partial charge in [-0.1, -0.05) is 141 Å². The molecule has 0 fully saturated rings. The van der Waals surface area contributed by atoms with Crippen molar-refractivity contribution in [2.75, 3.05) is 11.4 Å². The van der Waals surface area contributed by atoms with Gasteiger partial charge in [0, 0.05) is 50.8 Å². The van der Waals surface area contributed by atoms with Crippen molar-refractivity contribution in [1.82, 2.24) is 9.13 Å². The average molecular weight is 794 g/mol. The monoisotopic (exact) mass is 793 g/mol. The molecule has 11 aromatic rings. The highest BCUT2D eigenvalue weighted by Gasteiger charge is 2.35. The number of aromatic nitrogens is 2. The molecule has 0 spiro atoms. The van der Waals surface area contributed by atoms with Gasteiger partial charge < -0.3 is 14.0 Å². The molecule has 3 nitrogen and oxygen atoms in total. The minimum Gasteiger partial charge on any atom is -0.341 e. The molecule has 0 atom stereocenters. The fraction of sp³-hybridized carbons (Fsp3) is 0.0847. The number of hydrogen-bond acceptors (Lipinski definition) is 1. The van der Waals surface area contributed by atoms with Crippen molar-refractivity contribution < 1.29 is 0 Å². The predicted octanol–water partition coefficient (Wildman–Crippen LogP) is 15.7. The van der Waals surface area contributed by atoms with Crippen LogP contribution in [0.15, 0.2) is 200 Å². The van der Waals surface area contributed by atoms with E-state index in [0.29, 0.717) is 0 Å². The number of para-hydroxylation sites is 5. The molecule has 0 radical (unpaired) electrons. The molecule has 1 aliphatic heterocycles. The lowest BCUT2D eigenvalue weighted by atomic mass is 9.73. The van der Waals surface area contributed by atoms with E-state index in [2.05, 4.69) is 228 Å². The van der Waals surface area contributed by atoms with Gasteiger partial charge in [0.15, 0.2) is 0 Å². The third kappa shape index (κ3) is 5.06. The third-order valence-corrected chi connectivity index (χ3v) is 14.0. The first-order chi connectivity index (χ1) is 30.5. The Bertz CT molecular complexity index is 3510. The van der Waals surface area contributed by atoms with Gasteiger partial charge in [0.25, 0.3) is 0 Å². The number of rotatable bonds is 3. The summed E-state index contributed by atoms with van der Waals surface area (Å²) in [5.74, 6) is 0. The number of anilines is 2. The summed E-state index contributed by atoms with van der Waals surface area (Å²) < 4.78 is 4.91. The molecule has 1 aliphatic carbocycles. The summed E-state index contributed by atoms with van der Waals surface area (Å²) in [6.45, 7) is 5.81. The van der Waals surface area contributed by atoms with Crippen LogP contribution in [0.5, 0.6) is 0 Å². The summed E-state index contributed by atoms with van der Waals surface area (Å²) in [5, 5.41) is 5.05. The van der Waals surface area contributed by atoms with Crippen LogP contribution in [-0.2, 0) is 5.41 Å². The molecule has 0 N–H and O–H groups in total. The largest absolute Gasteiger partial charge is 0.341 e. The second kappa shape index (κ2) is 13.2. The molecule has 9 aromatic carbocycles. The lowest BCUT2D eigenvalue weighted by Crippen LogP contribution is -2.34. The predicted molar refractivity (Wildman–Crippen MR) is 262 cm³/mol. The van der Waals surface area contributed by atoms with Crippen molar-refractivity contribution in [3.63, 3.8) is 0 Å². The molecule has 13 rings (SSSR count). The van der Waals surface area contributed by atoms with Crippen molar-refractivity contribution in [3.05, 3.63) is 206 Å². The summed E-state index contributed by atoms with van der Waals surface area (Å²) in [7, 11) is 0.